The molecule has 182 valence electrons. The quantitative estimate of drug-likeness (QED) is 0.470. The minimum Gasteiger partial charge on any atom is -0.344 e. The number of rotatable bonds is 8. The maximum atomic E-state index is 13.9. The zero-order valence-electron chi connectivity index (χ0n) is 20.7. The summed E-state index contributed by atoms with van der Waals surface area (Å²) in [4.78, 5) is 47.4. The SMILES string of the molecule is Cc1cc(C)n(CCN(C)C(=O)C[C@]2(c3ccccc3C)CC(=O)N(Cc3cccnc3)C2=O)n1. The van der Waals surface area contributed by atoms with Gasteiger partial charge < -0.3 is 4.90 Å². The number of imide groups is 1. The topological polar surface area (TPSA) is 88.4 Å². The molecule has 8 nitrogen and oxygen atoms in total. The molecule has 1 aliphatic rings. The molecule has 0 saturated carbocycles. The Bertz CT molecular complexity index is 1250. The zero-order valence-corrected chi connectivity index (χ0v) is 20.7. The lowest BCUT2D eigenvalue weighted by molar-refractivity contribution is -0.143. The van der Waals surface area contributed by atoms with E-state index in [1.54, 1.807) is 30.4 Å². The van der Waals surface area contributed by atoms with Crippen LogP contribution in [0.1, 0.15) is 40.9 Å². The summed E-state index contributed by atoms with van der Waals surface area (Å²) in [5.41, 5.74) is 3.11. The van der Waals surface area contributed by atoms with Gasteiger partial charge in [0.15, 0.2) is 0 Å². The van der Waals surface area contributed by atoms with E-state index in [9.17, 15) is 14.4 Å². The van der Waals surface area contributed by atoms with Gasteiger partial charge >= 0.3 is 0 Å². The Morgan fingerprint density at radius 2 is 1.89 bits per heavy atom. The molecule has 3 amide bonds. The summed E-state index contributed by atoms with van der Waals surface area (Å²) in [5, 5.41) is 4.46. The Morgan fingerprint density at radius 3 is 2.54 bits per heavy atom. The van der Waals surface area contributed by atoms with Gasteiger partial charge in [-0.2, -0.15) is 5.10 Å². The summed E-state index contributed by atoms with van der Waals surface area (Å²) in [6.45, 7) is 6.97. The number of nitrogens with zero attached hydrogens (tertiary/aromatic N) is 5. The van der Waals surface area contributed by atoms with Gasteiger partial charge in [0.25, 0.3) is 0 Å². The minimum atomic E-state index is -1.23. The second kappa shape index (κ2) is 9.82. The average molecular weight is 474 g/mol. The van der Waals surface area contributed by atoms with E-state index in [4.69, 9.17) is 0 Å². The predicted octanol–water partition coefficient (Wildman–Crippen LogP) is 2.95. The third-order valence-corrected chi connectivity index (χ3v) is 6.76. The molecule has 0 aliphatic carbocycles. The maximum absolute atomic E-state index is 13.9. The number of carbonyl (C=O) groups excluding carboxylic acids is 3. The lowest BCUT2D eigenvalue weighted by Crippen LogP contribution is -2.43. The number of aryl methyl sites for hydroxylation is 3. The Hall–Kier alpha value is -3.81. The molecular formula is C27H31N5O3. The highest BCUT2D eigenvalue weighted by molar-refractivity contribution is 6.10. The fraction of sp³-hybridized carbons (Fsp3) is 0.370. The molecule has 1 fully saturated rings. The van der Waals surface area contributed by atoms with Crippen LogP contribution in [0.2, 0.25) is 0 Å². The maximum Gasteiger partial charge on any atom is 0.241 e. The van der Waals surface area contributed by atoms with Crippen molar-refractivity contribution in [3.63, 3.8) is 0 Å². The van der Waals surface area contributed by atoms with Crippen molar-refractivity contribution < 1.29 is 14.4 Å². The Kier molecular flexibility index (Phi) is 6.82. The third kappa shape index (κ3) is 4.87. The monoisotopic (exact) mass is 473 g/mol. The van der Waals surface area contributed by atoms with E-state index in [1.807, 2.05) is 61.9 Å². The van der Waals surface area contributed by atoms with Gasteiger partial charge in [-0.15, -0.1) is 0 Å². The highest BCUT2D eigenvalue weighted by atomic mass is 16.2. The number of amides is 3. The van der Waals surface area contributed by atoms with Crippen molar-refractivity contribution in [2.75, 3.05) is 13.6 Å². The van der Waals surface area contributed by atoms with Crippen LogP contribution in [0.3, 0.4) is 0 Å². The van der Waals surface area contributed by atoms with E-state index in [0.29, 0.717) is 13.1 Å². The number of carbonyl (C=O) groups is 3. The summed E-state index contributed by atoms with van der Waals surface area (Å²) < 4.78 is 1.87. The first kappa shape index (κ1) is 24.3. The number of likely N-dealkylation sites (tertiary alicyclic amines) is 1. The summed E-state index contributed by atoms with van der Waals surface area (Å²) in [6, 6.07) is 13.1. The van der Waals surface area contributed by atoms with Crippen LogP contribution in [0.15, 0.2) is 54.9 Å². The number of likely N-dealkylation sites (N-methyl/N-ethyl adjacent to an activating group) is 1. The number of benzene rings is 1. The second-order valence-electron chi connectivity index (χ2n) is 9.36. The molecule has 3 aromatic rings. The van der Waals surface area contributed by atoms with E-state index in [-0.39, 0.29) is 37.1 Å². The van der Waals surface area contributed by atoms with Crippen molar-refractivity contribution in [2.45, 2.75) is 52.1 Å². The Morgan fingerprint density at radius 1 is 1.11 bits per heavy atom. The van der Waals surface area contributed by atoms with Crippen LogP contribution < -0.4 is 0 Å². The smallest absolute Gasteiger partial charge is 0.241 e. The van der Waals surface area contributed by atoms with Crippen LogP contribution in [-0.4, -0.2) is 55.9 Å². The summed E-state index contributed by atoms with van der Waals surface area (Å²) in [7, 11) is 1.73. The molecule has 1 aliphatic heterocycles. The van der Waals surface area contributed by atoms with Gasteiger partial charge in [-0.25, -0.2) is 0 Å². The fourth-order valence-electron chi connectivity index (χ4n) is 4.85. The zero-order chi connectivity index (χ0) is 25.2. The van der Waals surface area contributed by atoms with Crippen molar-refractivity contribution in [1.82, 2.24) is 24.6 Å². The molecule has 0 N–H and O–H groups in total. The first-order valence-corrected chi connectivity index (χ1v) is 11.8. The molecule has 1 saturated heterocycles. The number of hydrogen-bond acceptors (Lipinski definition) is 5. The first-order valence-electron chi connectivity index (χ1n) is 11.8. The molecule has 3 heterocycles. The van der Waals surface area contributed by atoms with Gasteiger partial charge in [-0.3, -0.25) is 28.9 Å². The highest BCUT2D eigenvalue weighted by Gasteiger charge is 2.54. The van der Waals surface area contributed by atoms with Gasteiger partial charge in [0.2, 0.25) is 17.7 Å². The van der Waals surface area contributed by atoms with Crippen molar-refractivity contribution in [3.8, 4) is 0 Å². The minimum absolute atomic E-state index is 0.0337. The fourth-order valence-corrected chi connectivity index (χ4v) is 4.85. The van der Waals surface area contributed by atoms with Crippen molar-refractivity contribution in [3.05, 3.63) is 82.9 Å². The molecule has 0 unspecified atom stereocenters. The van der Waals surface area contributed by atoms with Crippen molar-refractivity contribution in [2.24, 2.45) is 0 Å². The molecule has 1 aromatic carbocycles. The van der Waals surface area contributed by atoms with E-state index in [2.05, 4.69) is 10.1 Å². The van der Waals surface area contributed by atoms with Crippen molar-refractivity contribution >= 4 is 17.7 Å². The highest BCUT2D eigenvalue weighted by Crippen LogP contribution is 2.42. The largest absolute Gasteiger partial charge is 0.344 e. The molecule has 4 rings (SSSR count). The standard InChI is InChI=1S/C27H31N5O3/c1-19-8-5-6-10-23(19)27(15-24(33)30(4)12-13-32-21(3)14-20(2)29-32)16-25(34)31(26(27)35)18-22-9-7-11-28-17-22/h5-11,14,17H,12-13,15-16,18H2,1-4H3/t27-/m1/s1. The van der Waals surface area contributed by atoms with E-state index >= 15 is 0 Å². The summed E-state index contributed by atoms with van der Waals surface area (Å²) in [6.07, 6.45) is 3.19. The van der Waals surface area contributed by atoms with Crippen LogP contribution in [0, 0.1) is 20.8 Å². The lowest BCUT2D eigenvalue weighted by atomic mass is 9.74. The van der Waals surface area contributed by atoms with E-state index < -0.39 is 5.41 Å². The Balaban J connectivity index is 1.59. The van der Waals surface area contributed by atoms with Gasteiger partial charge in [0, 0.05) is 44.5 Å². The molecular weight excluding hydrogens is 442 g/mol. The van der Waals surface area contributed by atoms with Crippen LogP contribution in [0.25, 0.3) is 0 Å². The van der Waals surface area contributed by atoms with Gasteiger partial charge in [-0.1, -0.05) is 30.3 Å². The second-order valence-corrected chi connectivity index (χ2v) is 9.36. The number of aromatic nitrogens is 3. The first-order chi connectivity index (χ1) is 16.7. The van der Waals surface area contributed by atoms with Crippen LogP contribution in [-0.2, 0) is 32.9 Å². The van der Waals surface area contributed by atoms with Gasteiger partial charge in [0.1, 0.15) is 0 Å². The summed E-state index contributed by atoms with van der Waals surface area (Å²) >= 11 is 0. The molecule has 0 spiro atoms. The number of hydrogen-bond donors (Lipinski definition) is 0. The number of pyridine rings is 1. The van der Waals surface area contributed by atoms with Gasteiger partial charge in [0.05, 0.1) is 24.2 Å². The molecule has 0 radical (unpaired) electrons. The van der Waals surface area contributed by atoms with Gasteiger partial charge in [-0.05, 0) is 49.6 Å². The molecule has 1 atom stereocenters. The molecule has 2 aromatic heterocycles. The Labute approximate surface area is 205 Å². The summed E-state index contributed by atoms with van der Waals surface area (Å²) in [5.74, 6) is -0.791. The third-order valence-electron chi connectivity index (χ3n) is 6.76. The van der Waals surface area contributed by atoms with E-state index in [1.165, 1.54) is 4.90 Å². The average Bonchev–Trinajstić information content (AvgIpc) is 3.28. The normalized spacial score (nSPS) is 17.8. The molecule has 0 bridgehead atoms. The predicted molar refractivity (Wildman–Crippen MR) is 131 cm³/mol. The van der Waals surface area contributed by atoms with E-state index in [0.717, 1.165) is 28.1 Å². The molecule has 35 heavy (non-hydrogen) atoms. The van der Waals surface area contributed by atoms with Crippen molar-refractivity contribution in [1.29, 1.82) is 0 Å². The van der Waals surface area contributed by atoms with Crippen LogP contribution in [0.4, 0.5) is 0 Å². The van der Waals surface area contributed by atoms with Crippen LogP contribution >= 0.6 is 0 Å². The van der Waals surface area contributed by atoms with Crippen LogP contribution in [0.5, 0.6) is 0 Å². The molecule has 8 heteroatoms. The lowest BCUT2D eigenvalue weighted by Gasteiger charge is -2.30.